The van der Waals surface area contributed by atoms with Gasteiger partial charge in [0.2, 0.25) is 0 Å². The summed E-state index contributed by atoms with van der Waals surface area (Å²) in [5.41, 5.74) is 0.337. The summed E-state index contributed by atoms with van der Waals surface area (Å²) in [5.74, 6) is 2.46. The molecule has 2 aliphatic rings. The van der Waals surface area contributed by atoms with Crippen LogP contribution in [-0.2, 0) is 4.79 Å². The van der Waals surface area contributed by atoms with E-state index < -0.39 is 0 Å². The SMILES string of the molecule is CC(C)(C)C1CC(=O)C2CC2C1. The highest BCUT2D eigenvalue weighted by Crippen LogP contribution is 2.52. The maximum atomic E-state index is 11.5. The molecule has 0 radical (unpaired) electrons. The fourth-order valence-corrected chi connectivity index (χ4v) is 2.41. The molecule has 0 amide bonds. The smallest absolute Gasteiger partial charge is 0.136 e. The molecule has 0 bridgehead atoms. The minimum Gasteiger partial charge on any atom is -0.299 e. The van der Waals surface area contributed by atoms with Gasteiger partial charge in [-0.15, -0.1) is 0 Å². The van der Waals surface area contributed by atoms with Gasteiger partial charge in [0, 0.05) is 12.3 Å². The van der Waals surface area contributed by atoms with Gasteiger partial charge in [-0.3, -0.25) is 4.79 Å². The minimum atomic E-state index is 0.337. The van der Waals surface area contributed by atoms with E-state index in [0.29, 0.717) is 23.0 Å². The van der Waals surface area contributed by atoms with Crippen LogP contribution in [0.2, 0.25) is 0 Å². The lowest BCUT2D eigenvalue weighted by atomic mass is 9.72. The Labute approximate surface area is 74.5 Å². The molecular weight excluding hydrogens is 148 g/mol. The number of Topliss-reactive ketones (excluding diaryl/α,β-unsaturated/α-hetero) is 1. The molecule has 0 aromatic heterocycles. The Morgan fingerprint density at radius 1 is 1.25 bits per heavy atom. The van der Waals surface area contributed by atoms with E-state index in [9.17, 15) is 4.79 Å². The van der Waals surface area contributed by atoms with E-state index in [0.717, 1.165) is 12.3 Å². The van der Waals surface area contributed by atoms with Crippen molar-refractivity contribution in [2.24, 2.45) is 23.2 Å². The lowest BCUT2D eigenvalue weighted by Crippen LogP contribution is -2.28. The molecule has 2 saturated carbocycles. The number of rotatable bonds is 0. The van der Waals surface area contributed by atoms with Gasteiger partial charge in [-0.25, -0.2) is 0 Å². The van der Waals surface area contributed by atoms with Gasteiger partial charge in [-0.05, 0) is 30.1 Å². The maximum Gasteiger partial charge on any atom is 0.136 e. The van der Waals surface area contributed by atoms with Crippen LogP contribution in [0, 0.1) is 23.2 Å². The molecule has 0 aromatic rings. The van der Waals surface area contributed by atoms with Gasteiger partial charge in [-0.1, -0.05) is 20.8 Å². The molecule has 2 aliphatic carbocycles. The number of hydrogen-bond donors (Lipinski definition) is 0. The van der Waals surface area contributed by atoms with Crippen LogP contribution >= 0.6 is 0 Å². The second kappa shape index (κ2) is 2.34. The highest BCUT2D eigenvalue weighted by molar-refractivity contribution is 5.85. The van der Waals surface area contributed by atoms with Gasteiger partial charge in [0.1, 0.15) is 5.78 Å². The van der Waals surface area contributed by atoms with Gasteiger partial charge in [0.25, 0.3) is 0 Å². The Bertz CT molecular complexity index is 212. The van der Waals surface area contributed by atoms with Crippen molar-refractivity contribution >= 4 is 5.78 Å². The van der Waals surface area contributed by atoms with Crippen molar-refractivity contribution in [3.05, 3.63) is 0 Å². The Balaban J connectivity index is 2.06. The molecule has 1 heteroatoms. The van der Waals surface area contributed by atoms with Crippen molar-refractivity contribution in [1.82, 2.24) is 0 Å². The van der Waals surface area contributed by atoms with Crippen molar-refractivity contribution in [1.29, 1.82) is 0 Å². The molecule has 68 valence electrons. The molecule has 0 heterocycles. The highest BCUT2D eigenvalue weighted by atomic mass is 16.1. The number of carbonyl (C=O) groups is 1. The minimum absolute atomic E-state index is 0.337. The summed E-state index contributed by atoms with van der Waals surface area (Å²) in [4.78, 5) is 11.5. The summed E-state index contributed by atoms with van der Waals surface area (Å²) in [6.45, 7) is 6.77. The van der Waals surface area contributed by atoms with Crippen LogP contribution in [0.15, 0.2) is 0 Å². The first kappa shape index (κ1) is 8.28. The highest BCUT2D eigenvalue weighted by Gasteiger charge is 2.49. The summed E-state index contributed by atoms with van der Waals surface area (Å²) in [6, 6.07) is 0. The first-order valence-electron chi connectivity index (χ1n) is 5.01. The Morgan fingerprint density at radius 3 is 2.42 bits per heavy atom. The zero-order valence-corrected chi connectivity index (χ0v) is 8.26. The van der Waals surface area contributed by atoms with Crippen molar-refractivity contribution in [3.63, 3.8) is 0 Å². The molecule has 2 fully saturated rings. The van der Waals surface area contributed by atoms with Crippen molar-refractivity contribution in [2.45, 2.75) is 40.0 Å². The van der Waals surface area contributed by atoms with E-state index in [-0.39, 0.29) is 0 Å². The van der Waals surface area contributed by atoms with Gasteiger partial charge in [0.15, 0.2) is 0 Å². The van der Waals surface area contributed by atoms with E-state index in [2.05, 4.69) is 20.8 Å². The van der Waals surface area contributed by atoms with Crippen molar-refractivity contribution in [2.75, 3.05) is 0 Å². The third-order valence-corrected chi connectivity index (χ3v) is 3.60. The van der Waals surface area contributed by atoms with E-state index >= 15 is 0 Å². The van der Waals surface area contributed by atoms with Crippen LogP contribution in [0.3, 0.4) is 0 Å². The Kier molecular flexibility index (Phi) is 1.61. The number of fused-ring (bicyclic) bond motifs is 1. The molecule has 0 saturated heterocycles. The molecular formula is C11H18O. The van der Waals surface area contributed by atoms with Crippen molar-refractivity contribution < 1.29 is 4.79 Å². The van der Waals surface area contributed by atoms with Gasteiger partial charge < -0.3 is 0 Å². The zero-order chi connectivity index (χ0) is 8.93. The fourth-order valence-electron chi connectivity index (χ4n) is 2.41. The fraction of sp³-hybridized carbons (Fsp3) is 0.909. The summed E-state index contributed by atoms with van der Waals surface area (Å²) >= 11 is 0. The van der Waals surface area contributed by atoms with Crippen LogP contribution in [0.5, 0.6) is 0 Å². The average Bonchev–Trinajstić information content (AvgIpc) is 2.63. The number of ketones is 1. The first-order chi connectivity index (χ1) is 5.48. The normalized spacial score (nSPS) is 40.9. The monoisotopic (exact) mass is 166 g/mol. The van der Waals surface area contributed by atoms with Gasteiger partial charge in [0.05, 0.1) is 0 Å². The van der Waals surface area contributed by atoms with Crippen LogP contribution in [0.1, 0.15) is 40.0 Å². The predicted octanol–water partition coefficient (Wildman–Crippen LogP) is 2.65. The number of carbonyl (C=O) groups excluding carboxylic acids is 1. The topological polar surface area (TPSA) is 17.1 Å². The second-order valence-electron chi connectivity index (χ2n) is 5.57. The predicted molar refractivity (Wildman–Crippen MR) is 48.8 cm³/mol. The van der Waals surface area contributed by atoms with E-state index in [1.54, 1.807) is 0 Å². The largest absolute Gasteiger partial charge is 0.299 e. The lowest BCUT2D eigenvalue weighted by Gasteiger charge is -2.32. The lowest BCUT2D eigenvalue weighted by molar-refractivity contribution is -0.124. The third-order valence-electron chi connectivity index (χ3n) is 3.60. The molecule has 3 unspecified atom stereocenters. The van der Waals surface area contributed by atoms with Crippen LogP contribution < -0.4 is 0 Å². The third kappa shape index (κ3) is 1.30. The quantitative estimate of drug-likeness (QED) is 0.540. The van der Waals surface area contributed by atoms with Crippen LogP contribution in [0.25, 0.3) is 0 Å². The maximum absolute atomic E-state index is 11.5. The summed E-state index contributed by atoms with van der Waals surface area (Å²) < 4.78 is 0. The van der Waals surface area contributed by atoms with Crippen molar-refractivity contribution in [3.8, 4) is 0 Å². The summed E-state index contributed by atoms with van der Waals surface area (Å²) in [5, 5.41) is 0. The summed E-state index contributed by atoms with van der Waals surface area (Å²) in [7, 11) is 0. The first-order valence-corrected chi connectivity index (χ1v) is 5.01. The van der Waals surface area contributed by atoms with E-state index in [1.807, 2.05) is 0 Å². The Hall–Kier alpha value is -0.330. The molecule has 3 atom stereocenters. The standard InChI is InChI=1S/C11H18O/c1-11(2,3)8-4-7-5-9(7)10(12)6-8/h7-9H,4-6H2,1-3H3. The molecule has 0 spiro atoms. The molecule has 12 heavy (non-hydrogen) atoms. The number of hydrogen-bond acceptors (Lipinski definition) is 1. The second-order valence-corrected chi connectivity index (χ2v) is 5.57. The van der Waals surface area contributed by atoms with Crippen LogP contribution in [-0.4, -0.2) is 5.78 Å². The van der Waals surface area contributed by atoms with Gasteiger partial charge in [-0.2, -0.15) is 0 Å². The summed E-state index contributed by atoms with van der Waals surface area (Å²) in [6.07, 6.45) is 3.36. The van der Waals surface area contributed by atoms with E-state index in [1.165, 1.54) is 12.8 Å². The molecule has 1 nitrogen and oxygen atoms in total. The average molecular weight is 166 g/mol. The van der Waals surface area contributed by atoms with Crippen LogP contribution in [0.4, 0.5) is 0 Å². The molecule has 0 N–H and O–H groups in total. The molecule has 0 aliphatic heterocycles. The molecule has 2 rings (SSSR count). The Morgan fingerprint density at radius 2 is 1.92 bits per heavy atom. The van der Waals surface area contributed by atoms with E-state index in [4.69, 9.17) is 0 Å². The van der Waals surface area contributed by atoms with Gasteiger partial charge >= 0.3 is 0 Å². The molecule has 0 aromatic carbocycles. The zero-order valence-electron chi connectivity index (χ0n) is 8.26.